The van der Waals surface area contributed by atoms with Crippen LogP contribution in [0.25, 0.3) is 15.0 Å². The van der Waals surface area contributed by atoms with Crippen LogP contribution in [0.2, 0.25) is 0 Å². The number of alkyl halides is 3. The molecule has 128 valence electrons. The highest BCUT2D eigenvalue weighted by Crippen LogP contribution is 2.39. The zero-order valence-corrected chi connectivity index (χ0v) is 14.1. The molecule has 1 unspecified atom stereocenters. The first-order valence-electron chi connectivity index (χ1n) is 6.69. The van der Waals surface area contributed by atoms with Crippen molar-refractivity contribution in [2.75, 3.05) is 0 Å². The summed E-state index contributed by atoms with van der Waals surface area (Å²) < 4.78 is 60.4. The lowest BCUT2D eigenvalue weighted by molar-refractivity contribution is -0.0517. The fraction of sp³-hybridized carbons (Fsp3) is 0.125. The van der Waals surface area contributed by atoms with Crippen molar-refractivity contribution in [3.8, 4) is 4.90 Å². The summed E-state index contributed by atoms with van der Waals surface area (Å²) in [4.78, 5) is 1.41. The van der Waals surface area contributed by atoms with Gasteiger partial charge in [-0.15, -0.1) is 0 Å². The quantitative estimate of drug-likeness (QED) is 0.344. The van der Waals surface area contributed by atoms with Gasteiger partial charge in [-0.1, -0.05) is 29.8 Å². The molecular weight excluding hydrogens is 361 g/mol. The summed E-state index contributed by atoms with van der Waals surface area (Å²) in [5, 5.41) is 3.68. The van der Waals surface area contributed by atoms with Crippen LogP contribution in [0, 0.1) is 6.92 Å². The number of benzene rings is 2. The Morgan fingerprint density at radius 1 is 0.958 bits per heavy atom. The van der Waals surface area contributed by atoms with E-state index in [1.807, 2.05) is 0 Å². The van der Waals surface area contributed by atoms with Gasteiger partial charge in [-0.3, -0.25) is 0 Å². The Hall–Kier alpha value is -1.90. The van der Waals surface area contributed by atoms with Crippen LogP contribution in [0.1, 0.15) is 5.56 Å². The molecular formula is C16H13F3O3S2. The van der Waals surface area contributed by atoms with E-state index in [4.69, 9.17) is 13.0 Å². The maximum Gasteiger partial charge on any atom is 0.485 e. The summed E-state index contributed by atoms with van der Waals surface area (Å²) in [7, 11) is -5.94. The lowest BCUT2D eigenvalue weighted by Crippen LogP contribution is -2.21. The number of hydrogen-bond acceptors (Lipinski definition) is 3. The van der Waals surface area contributed by atoms with Gasteiger partial charge in [0.05, 0.1) is 0 Å². The minimum atomic E-state index is -6.09. The normalized spacial score (nSPS) is 12.6. The fourth-order valence-electron chi connectivity index (χ4n) is 1.92. The molecule has 0 saturated heterocycles. The second-order valence-electron chi connectivity index (χ2n) is 4.89. The van der Waals surface area contributed by atoms with E-state index in [0.717, 1.165) is 0 Å². The summed E-state index contributed by atoms with van der Waals surface area (Å²) in [6.45, 7) is 2.13. The number of thiophene rings is 1. The minimum Gasteiger partial charge on any atom is -0.741 e. The molecule has 0 spiro atoms. The third-order valence-electron chi connectivity index (χ3n) is 3.10. The van der Waals surface area contributed by atoms with Gasteiger partial charge in [-0.05, 0) is 31.2 Å². The number of halogens is 3. The van der Waals surface area contributed by atoms with Crippen LogP contribution in [0.5, 0.6) is 0 Å². The number of rotatable bonds is 1. The molecule has 1 atom stereocenters. The molecule has 3 nitrogen and oxygen atoms in total. The van der Waals surface area contributed by atoms with Gasteiger partial charge in [0, 0.05) is 21.9 Å². The van der Waals surface area contributed by atoms with Crippen molar-refractivity contribution >= 4 is 30.7 Å². The maximum atomic E-state index is 10.7. The van der Waals surface area contributed by atoms with Gasteiger partial charge >= 0.3 is 5.51 Å². The monoisotopic (exact) mass is 374 g/mol. The molecule has 0 radical (unpaired) electrons. The third kappa shape index (κ3) is 4.34. The highest BCUT2D eigenvalue weighted by Gasteiger charge is 2.36. The SMILES string of the molecule is Cc1ccc(-[s+]2ccc3ccccc32)cc1.O=S(=O)([O-])C(F)(F)F. The molecule has 0 saturated carbocycles. The van der Waals surface area contributed by atoms with Gasteiger partial charge in [0.2, 0.25) is 0 Å². The second-order valence-corrected chi connectivity index (χ2v) is 8.12. The van der Waals surface area contributed by atoms with Crippen molar-refractivity contribution < 1.29 is 26.1 Å². The van der Waals surface area contributed by atoms with E-state index in [2.05, 4.69) is 66.9 Å². The molecule has 0 N–H and O–H groups in total. The van der Waals surface area contributed by atoms with Crippen molar-refractivity contribution in [3.63, 3.8) is 0 Å². The van der Waals surface area contributed by atoms with Gasteiger partial charge in [0.25, 0.3) is 0 Å². The van der Waals surface area contributed by atoms with Gasteiger partial charge in [-0.2, -0.15) is 13.2 Å². The Bertz CT molecular complexity index is 927. The van der Waals surface area contributed by atoms with Crippen LogP contribution in [0.4, 0.5) is 13.2 Å². The highest BCUT2D eigenvalue weighted by molar-refractivity contribution is 7.86. The zero-order chi connectivity index (χ0) is 18.0. The second kappa shape index (κ2) is 6.92. The van der Waals surface area contributed by atoms with Crippen LogP contribution in [-0.4, -0.2) is 18.5 Å². The molecule has 1 heterocycles. The average molecular weight is 374 g/mol. The summed E-state index contributed by atoms with van der Waals surface area (Å²) in [5.41, 5.74) is -4.32. The van der Waals surface area contributed by atoms with E-state index in [1.165, 1.54) is 20.5 Å². The number of aryl methyl sites for hydroxylation is 1. The van der Waals surface area contributed by atoms with Crippen molar-refractivity contribution in [2.24, 2.45) is 0 Å². The molecule has 0 aliphatic heterocycles. The van der Waals surface area contributed by atoms with Gasteiger partial charge in [0.15, 0.2) is 19.7 Å². The van der Waals surface area contributed by atoms with Crippen molar-refractivity contribution in [3.05, 3.63) is 65.5 Å². The Balaban J connectivity index is 0.000000224. The molecule has 3 rings (SSSR count). The Labute approximate surface area is 140 Å². The van der Waals surface area contributed by atoms with Crippen molar-refractivity contribution in [2.45, 2.75) is 12.4 Å². The van der Waals surface area contributed by atoms with Gasteiger partial charge in [-0.25, -0.2) is 8.42 Å². The molecule has 0 aliphatic carbocycles. The lowest BCUT2D eigenvalue weighted by Gasteiger charge is -2.08. The Kier molecular flexibility index (Phi) is 5.32. The first kappa shape index (κ1) is 18.4. The maximum absolute atomic E-state index is 10.7. The van der Waals surface area contributed by atoms with E-state index >= 15 is 0 Å². The topological polar surface area (TPSA) is 57.2 Å². The molecule has 24 heavy (non-hydrogen) atoms. The van der Waals surface area contributed by atoms with E-state index in [1.54, 1.807) is 0 Å². The van der Waals surface area contributed by atoms with Crippen LogP contribution in [0.3, 0.4) is 0 Å². The van der Waals surface area contributed by atoms with Crippen LogP contribution in [0.15, 0.2) is 60.0 Å². The van der Waals surface area contributed by atoms with Crippen LogP contribution >= 0.6 is 10.5 Å². The van der Waals surface area contributed by atoms with Crippen LogP contribution < -0.4 is 0 Å². The summed E-state index contributed by atoms with van der Waals surface area (Å²) in [6.07, 6.45) is 0. The third-order valence-corrected chi connectivity index (χ3v) is 5.70. The molecule has 3 aromatic rings. The molecule has 0 bridgehead atoms. The molecule has 0 aliphatic rings. The highest BCUT2D eigenvalue weighted by atomic mass is 32.2. The Morgan fingerprint density at radius 2 is 1.50 bits per heavy atom. The molecule has 0 fully saturated rings. The van der Waals surface area contributed by atoms with E-state index in [-0.39, 0.29) is 10.5 Å². The van der Waals surface area contributed by atoms with Gasteiger partial charge < -0.3 is 4.55 Å². The molecule has 1 aromatic heterocycles. The number of fused-ring (bicyclic) bond motifs is 1. The van der Waals surface area contributed by atoms with E-state index < -0.39 is 15.6 Å². The summed E-state index contributed by atoms with van der Waals surface area (Å²) in [6, 6.07) is 19.7. The minimum absolute atomic E-state index is 0.146. The molecule has 2 aromatic carbocycles. The summed E-state index contributed by atoms with van der Waals surface area (Å²) >= 11 is 0. The average Bonchev–Trinajstić information content (AvgIpc) is 2.91. The van der Waals surface area contributed by atoms with E-state index in [9.17, 15) is 13.2 Å². The first-order valence-corrected chi connectivity index (χ1v) is 9.38. The first-order chi connectivity index (χ1) is 11.1. The van der Waals surface area contributed by atoms with Gasteiger partial charge in [0.1, 0.15) is 5.38 Å². The van der Waals surface area contributed by atoms with Crippen molar-refractivity contribution in [1.82, 2.24) is 0 Å². The fourth-order valence-corrected chi connectivity index (χ4v) is 3.81. The Morgan fingerprint density at radius 3 is 2.04 bits per heavy atom. The molecule has 8 heteroatoms. The smallest absolute Gasteiger partial charge is 0.485 e. The summed E-state index contributed by atoms with van der Waals surface area (Å²) in [5.74, 6) is 0. The molecule has 0 amide bonds. The lowest BCUT2D eigenvalue weighted by atomic mass is 10.2. The zero-order valence-electron chi connectivity index (χ0n) is 12.4. The largest absolute Gasteiger partial charge is 0.741 e. The predicted molar refractivity (Wildman–Crippen MR) is 88.3 cm³/mol. The van der Waals surface area contributed by atoms with E-state index in [0.29, 0.717) is 0 Å². The van der Waals surface area contributed by atoms with Crippen LogP contribution in [-0.2, 0) is 10.1 Å². The van der Waals surface area contributed by atoms with Crippen molar-refractivity contribution in [1.29, 1.82) is 0 Å². The standard InChI is InChI=1S/C15H13S.CHF3O3S/c1-12-6-8-14(9-7-12)16-11-10-13-4-2-3-5-15(13)16;2-1(3,4)8(5,6)7/h2-11H,1H3;(H,5,6,7)/q+1;/p-1. The predicted octanol–water partition coefficient (Wildman–Crippen LogP) is 4.94. The number of hydrogen-bond donors (Lipinski definition) is 0.